The van der Waals surface area contributed by atoms with E-state index in [0.717, 1.165) is 38.0 Å². The summed E-state index contributed by atoms with van der Waals surface area (Å²) in [6.07, 6.45) is 8.55. The van der Waals surface area contributed by atoms with Gasteiger partial charge in [0.2, 0.25) is 0 Å². The number of pyridine rings is 1. The van der Waals surface area contributed by atoms with E-state index in [-0.39, 0.29) is 0 Å². The number of rotatable bonds is 5. The fourth-order valence-electron chi connectivity index (χ4n) is 2.38. The maximum atomic E-state index is 5.97. The second-order valence-electron chi connectivity index (χ2n) is 5.28. The maximum absolute atomic E-state index is 5.97. The Labute approximate surface area is 116 Å². The average molecular weight is 260 g/mol. The Bertz CT molecular complexity index is 394. The van der Waals surface area contributed by atoms with Crippen molar-refractivity contribution in [3.8, 4) is 0 Å². The van der Waals surface area contributed by atoms with Crippen LogP contribution in [0.25, 0.3) is 0 Å². The minimum absolute atomic E-state index is 0.405. The van der Waals surface area contributed by atoms with E-state index < -0.39 is 0 Å². The summed E-state index contributed by atoms with van der Waals surface area (Å²) in [4.78, 5) is 6.62. The van der Waals surface area contributed by atoms with Crippen molar-refractivity contribution in [3.63, 3.8) is 0 Å². The first kappa shape index (κ1) is 14.2. The standard InChI is InChI=1S/C16H24N2O/c1-3-14(2)12-18-9-6-16(7-10-18)19-13-15-5-4-8-17-11-15/h3-5,8,11,16H,6-7,9-10,12-13H2,1-2H3/b14-3+. The SMILES string of the molecule is C/C=C(\C)CN1CCC(OCc2cccnc2)CC1. The molecular formula is C16H24N2O. The fraction of sp³-hybridized carbons (Fsp3) is 0.562. The molecular weight excluding hydrogens is 236 g/mol. The summed E-state index contributed by atoms with van der Waals surface area (Å²) in [7, 11) is 0. The highest BCUT2D eigenvalue weighted by Gasteiger charge is 2.19. The van der Waals surface area contributed by atoms with Gasteiger partial charge in [-0.05, 0) is 38.3 Å². The van der Waals surface area contributed by atoms with E-state index in [1.165, 1.54) is 5.57 Å². The highest BCUT2D eigenvalue weighted by atomic mass is 16.5. The van der Waals surface area contributed by atoms with Crippen LogP contribution in [0.3, 0.4) is 0 Å². The van der Waals surface area contributed by atoms with Gasteiger partial charge in [-0.1, -0.05) is 17.7 Å². The Kier molecular flexibility index (Phi) is 5.55. The van der Waals surface area contributed by atoms with E-state index in [2.05, 4.69) is 35.9 Å². The molecule has 0 unspecified atom stereocenters. The molecule has 2 heterocycles. The van der Waals surface area contributed by atoms with Gasteiger partial charge in [-0.15, -0.1) is 0 Å². The van der Waals surface area contributed by atoms with Gasteiger partial charge in [-0.3, -0.25) is 9.88 Å². The van der Waals surface area contributed by atoms with Crippen molar-refractivity contribution in [1.82, 2.24) is 9.88 Å². The first-order valence-electron chi connectivity index (χ1n) is 7.12. The number of allylic oxidation sites excluding steroid dienone is 1. The summed E-state index contributed by atoms with van der Waals surface area (Å²) in [5.74, 6) is 0. The van der Waals surface area contributed by atoms with Crippen LogP contribution >= 0.6 is 0 Å². The van der Waals surface area contributed by atoms with Crippen LogP contribution in [0.4, 0.5) is 0 Å². The Morgan fingerprint density at radius 3 is 2.89 bits per heavy atom. The van der Waals surface area contributed by atoms with Crippen molar-refractivity contribution in [2.45, 2.75) is 39.4 Å². The minimum atomic E-state index is 0.405. The Morgan fingerprint density at radius 1 is 1.47 bits per heavy atom. The number of ether oxygens (including phenoxy) is 1. The molecule has 1 aliphatic rings. The van der Waals surface area contributed by atoms with Gasteiger partial charge in [0.1, 0.15) is 0 Å². The number of likely N-dealkylation sites (tertiary alicyclic amines) is 1. The molecule has 0 bridgehead atoms. The normalized spacial score (nSPS) is 18.7. The molecule has 0 atom stereocenters. The summed E-state index contributed by atoms with van der Waals surface area (Å²) in [5.41, 5.74) is 2.62. The molecule has 0 saturated carbocycles. The zero-order valence-corrected chi connectivity index (χ0v) is 12.0. The minimum Gasteiger partial charge on any atom is -0.373 e. The van der Waals surface area contributed by atoms with Crippen molar-refractivity contribution >= 4 is 0 Å². The van der Waals surface area contributed by atoms with E-state index in [1.807, 2.05) is 12.3 Å². The van der Waals surface area contributed by atoms with Gasteiger partial charge >= 0.3 is 0 Å². The molecule has 0 amide bonds. The van der Waals surface area contributed by atoms with Gasteiger partial charge < -0.3 is 4.74 Å². The quantitative estimate of drug-likeness (QED) is 0.761. The molecule has 0 N–H and O–H groups in total. The van der Waals surface area contributed by atoms with Crippen LogP contribution in [0.15, 0.2) is 36.2 Å². The first-order valence-corrected chi connectivity index (χ1v) is 7.12. The molecule has 0 aromatic carbocycles. The molecule has 1 aromatic heterocycles. The largest absolute Gasteiger partial charge is 0.373 e. The Hall–Kier alpha value is -1.19. The first-order chi connectivity index (χ1) is 9.28. The number of piperidine rings is 1. The molecule has 1 fully saturated rings. The molecule has 104 valence electrons. The lowest BCUT2D eigenvalue weighted by Crippen LogP contribution is -2.37. The van der Waals surface area contributed by atoms with Gasteiger partial charge in [0.25, 0.3) is 0 Å². The Balaban J connectivity index is 1.69. The molecule has 0 radical (unpaired) electrons. The summed E-state index contributed by atoms with van der Waals surface area (Å²) < 4.78 is 5.97. The van der Waals surface area contributed by atoms with Crippen LogP contribution in [0.1, 0.15) is 32.3 Å². The number of aromatic nitrogens is 1. The number of nitrogens with zero attached hydrogens (tertiary/aromatic N) is 2. The highest BCUT2D eigenvalue weighted by Crippen LogP contribution is 2.16. The van der Waals surface area contributed by atoms with E-state index in [1.54, 1.807) is 6.20 Å². The molecule has 1 saturated heterocycles. The molecule has 19 heavy (non-hydrogen) atoms. The van der Waals surface area contributed by atoms with Gasteiger partial charge in [0.15, 0.2) is 0 Å². The monoisotopic (exact) mass is 260 g/mol. The second-order valence-corrected chi connectivity index (χ2v) is 5.28. The topological polar surface area (TPSA) is 25.4 Å². The van der Waals surface area contributed by atoms with Crippen LogP contribution in [0.5, 0.6) is 0 Å². The van der Waals surface area contributed by atoms with Crippen molar-refractivity contribution in [3.05, 3.63) is 41.7 Å². The van der Waals surface area contributed by atoms with E-state index in [9.17, 15) is 0 Å². The third-order valence-corrected chi connectivity index (χ3v) is 3.71. The molecule has 1 aliphatic heterocycles. The predicted octanol–water partition coefficient (Wildman–Crippen LogP) is 3.03. The van der Waals surface area contributed by atoms with Crippen molar-refractivity contribution in [2.24, 2.45) is 0 Å². The van der Waals surface area contributed by atoms with Crippen LogP contribution in [-0.2, 0) is 11.3 Å². The number of hydrogen-bond acceptors (Lipinski definition) is 3. The van der Waals surface area contributed by atoms with Gasteiger partial charge in [0.05, 0.1) is 12.7 Å². The summed E-state index contributed by atoms with van der Waals surface area (Å²) in [5, 5.41) is 0. The van der Waals surface area contributed by atoms with Gasteiger partial charge in [-0.25, -0.2) is 0 Å². The molecule has 1 aromatic rings. The van der Waals surface area contributed by atoms with E-state index >= 15 is 0 Å². The van der Waals surface area contributed by atoms with E-state index in [0.29, 0.717) is 12.7 Å². The summed E-state index contributed by atoms with van der Waals surface area (Å²) >= 11 is 0. The third kappa shape index (κ3) is 4.77. The Morgan fingerprint density at radius 2 is 2.26 bits per heavy atom. The lowest BCUT2D eigenvalue weighted by Gasteiger charge is -2.32. The lowest BCUT2D eigenvalue weighted by atomic mass is 10.1. The highest BCUT2D eigenvalue weighted by molar-refractivity contribution is 5.06. The average Bonchev–Trinajstić information content (AvgIpc) is 2.47. The summed E-state index contributed by atoms with van der Waals surface area (Å²) in [6.45, 7) is 8.38. The van der Waals surface area contributed by atoms with Crippen molar-refractivity contribution < 1.29 is 4.74 Å². The lowest BCUT2D eigenvalue weighted by molar-refractivity contribution is -0.000886. The third-order valence-electron chi connectivity index (χ3n) is 3.71. The molecule has 2 rings (SSSR count). The van der Waals surface area contributed by atoms with Crippen LogP contribution in [0.2, 0.25) is 0 Å². The van der Waals surface area contributed by atoms with Gasteiger partial charge in [-0.2, -0.15) is 0 Å². The second kappa shape index (κ2) is 7.41. The van der Waals surface area contributed by atoms with Crippen molar-refractivity contribution in [1.29, 1.82) is 0 Å². The number of hydrogen-bond donors (Lipinski definition) is 0. The summed E-state index contributed by atoms with van der Waals surface area (Å²) in [6, 6.07) is 4.03. The molecule has 3 nitrogen and oxygen atoms in total. The molecule has 3 heteroatoms. The molecule has 0 spiro atoms. The van der Waals surface area contributed by atoms with Crippen molar-refractivity contribution in [2.75, 3.05) is 19.6 Å². The smallest absolute Gasteiger partial charge is 0.0735 e. The van der Waals surface area contributed by atoms with Crippen LogP contribution in [0, 0.1) is 0 Å². The fourth-order valence-corrected chi connectivity index (χ4v) is 2.38. The van der Waals surface area contributed by atoms with Crippen LogP contribution in [-0.4, -0.2) is 35.6 Å². The zero-order valence-electron chi connectivity index (χ0n) is 12.0. The zero-order chi connectivity index (χ0) is 13.5. The van der Waals surface area contributed by atoms with Gasteiger partial charge in [0, 0.05) is 32.0 Å². The van der Waals surface area contributed by atoms with Crippen LogP contribution < -0.4 is 0 Å². The maximum Gasteiger partial charge on any atom is 0.0735 e. The molecule has 0 aliphatic carbocycles. The van der Waals surface area contributed by atoms with E-state index in [4.69, 9.17) is 4.74 Å². The predicted molar refractivity (Wildman–Crippen MR) is 77.9 cm³/mol.